The van der Waals surface area contributed by atoms with Crippen molar-refractivity contribution < 1.29 is 9.90 Å². The van der Waals surface area contributed by atoms with Gasteiger partial charge in [-0.1, -0.05) is 29.3 Å². The summed E-state index contributed by atoms with van der Waals surface area (Å²) in [5.41, 5.74) is 3.70. The molecule has 0 aliphatic carbocycles. The van der Waals surface area contributed by atoms with Gasteiger partial charge in [0.05, 0.1) is 6.04 Å². The molecule has 0 saturated heterocycles. The molecule has 1 aromatic carbocycles. The van der Waals surface area contributed by atoms with E-state index in [2.05, 4.69) is 42.5 Å². The van der Waals surface area contributed by atoms with Crippen LogP contribution in [0.4, 0.5) is 5.82 Å². The number of fused-ring (bicyclic) bond motifs is 1. The van der Waals surface area contributed by atoms with E-state index < -0.39 is 5.97 Å². The van der Waals surface area contributed by atoms with E-state index in [4.69, 9.17) is 5.11 Å². The highest BCUT2D eigenvalue weighted by Crippen LogP contribution is 2.30. The molecule has 0 spiro atoms. The lowest BCUT2D eigenvalue weighted by Gasteiger charge is -2.26. The summed E-state index contributed by atoms with van der Waals surface area (Å²) in [6, 6.07) is 8.12. The predicted molar refractivity (Wildman–Crippen MR) is 76.3 cm³/mol. The number of aromatic carboxylic acids is 1. The molecule has 0 saturated carbocycles. The lowest BCUT2D eigenvalue weighted by atomic mass is 9.98. The molecule has 5 heteroatoms. The Balaban J connectivity index is 2.06. The van der Waals surface area contributed by atoms with E-state index in [0.29, 0.717) is 0 Å². The minimum atomic E-state index is -0.993. The second-order valence-corrected chi connectivity index (χ2v) is 5.32. The highest BCUT2D eigenvalue weighted by Gasteiger charge is 2.25. The number of aromatic nitrogens is 2. The Hall–Kier alpha value is -2.30. The van der Waals surface area contributed by atoms with Crippen LogP contribution in [0, 0.1) is 13.8 Å². The van der Waals surface area contributed by atoms with Gasteiger partial charge < -0.3 is 10.4 Å². The summed E-state index contributed by atoms with van der Waals surface area (Å²) in [6.07, 6.45) is 0.899. The Morgan fingerprint density at radius 3 is 2.65 bits per heavy atom. The third kappa shape index (κ3) is 2.15. The number of nitrogens with zero attached hydrogens (tertiary/aromatic N) is 2. The van der Waals surface area contributed by atoms with Crippen molar-refractivity contribution in [1.29, 1.82) is 0 Å². The molecule has 2 N–H and O–H groups in total. The quantitative estimate of drug-likeness (QED) is 0.881. The molecule has 3 rings (SSSR count). The molecular formula is C15H17N3O2. The van der Waals surface area contributed by atoms with Gasteiger partial charge >= 0.3 is 5.97 Å². The first kappa shape index (κ1) is 12.7. The zero-order valence-electron chi connectivity index (χ0n) is 11.6. The molecule has 1 aliphatic heterocycles. The molecule has 104 valence electrons. The average Bonchev–Trinajstić information content (AvgIpc) is 2.81. The Morgan fingerprint density at radius 2 is 2.00 bits per heavy atom. The molecule has 5 nitrogen and oxygen atoms in total. The summed E-state index contributed by atoms with van der Waals surface area (Å²) in [6.45, 7) is 4.97. The standard InChI is InChI=1S/C15H17N3O2/c1-9-5-10(2)7-11(6-9)13-3-4-16-14-8-12(15(19)20)17-18(13)14/h5-8,13,16H,3-4H2,1-2H3,(H,19,20). The van der Waals surface area contributed by atoms with Crippen LogP contribution in [0.2, 0.25) is 0 Å². The van der Waals surface area contributed by atoms with Crippen LogP contribution in [0.3, 0.4) is 0 Å². The van der Waals surface area contributed by atoms with Crippen LogP contribution < -0.4 is 5.32 Å². The number of carbonyl (C=O) groups is 1. The third-order valence-electron chi connectivity index (χ3n) is 3.60. The maximum Gasteiger partial charge on any atom is 0.356 e. The molecule has 20 heavy (non-hydrogen) atoms. The van der Waals surface area contributed by atoms with Crippen molar-refractivity contribution in [3.05, 3.63) is 46.6 Å². The highest BCUT2D eigenvalue weighted by molar-refractivity contribution is 5.86. The Bertz CT molecular complexity index is 656. The molecule has 2 heterocycles. The fourth-order valence-electron chi connectivity index (χ4n) is 2.84. The van der Waals surface area contributed by atoms with E-state index in [1.165, 1.54) is 16.7 Å². The predicted octanol–water partition coefficient (Wildman–Crippen LogP) is 2.60. The molecule has 0 bridgehead atoms. The van der Waals surface area contributed by atoms with Gasteiger partial charge in [0, 0.05) is 12.6 Å². The van der Waals surface area contributed by atoms with Crippen LogP contribution in [0.25, 0.3) is 0 Å². The fourth-order valence-corrected chi connectivity index (χ4v) is 2.84. The average molecular weight is 271 g/mol. The lowest BCUT2D eigenvalue weighted by Crippen LogP contribution is -2.24. The summed E-state index contributed by atoms with van der Waals surface area (Å²) in [4.78, 5) is 11.1. The first-order chi connectivity index (χ1) is 9.54. The van der Waals surface area contributed by atoms with E-state index in [-0.39, 0.29) is 11.7 Å². The van der Waals surface area contributed by atoms with Gasteiger partial charge in [-0.05, 0) is 25.8 Å². The van der Waals surface area contributed by atoms with E-state index in [1.54, 1.807) is 10.7 Å². The summed E-state index contributed by atoms with van der Waals surface area (Å²) in [7, 11) is 0. The summed E-state index contributed by atoms with van der Waals surface area (Å²) in [5.74, 6) is -0.217. The van der Waals surface area contributed by atoms with Crippen LogP contribution in [-0.2, 0) is 0 Å². The minimum absolute atomic E-state index is 0.0868. The number of anilines is 1. The second-order valence-electron chi connectivity index (χ2n) is 5.32. The van der Waals surface area contributed by atoms with Crippen molar-refractivity contribution in [2.75, 3.05) is 11.9 Å². The number of hydrogen-bond donors (Lipinski definition) is 2. The van der Waals surface area contributed by atoms with E-state index >= 15 is 0 Å². The van der Waals surface area contributed by atoms with E-state index in [0.717, 1.165) is 18.8 Å². The van der Waals surface area contributed by atoms with E-state index in [9.17, 15) is 4.79 Å². The molecule has 2 aromatic rings. The number of hydrogen-bond acceptors (Lipinski definition) is 3. The van der Waals surface area contributed by atoms with Crippen molar-refractivity contribution in [3.8, 4) is 0 Å². The van der Waals surface area contributed by atoms with Gasteiger partial charge in [0.25, 0.3) is 0 Å². The van der Waals surface area contributed by atoms with Crippen LogP contribution in [0.15, 0.2) is 24.3 Å². The second kappa shape index (κ2) is 4.67. The number of aryl methyl sites for hydroxylation is 2. The van der Waals surface area contributed by atoms with Crippen LogP contribution >= 0.6 is 0 Å². The van der Waals surface area contributed by atoms with Gasteiger partial charge in [-0.2, -0.15) is 5.10 Å². The number of carboxylic acid groups (broad SMARTS) is 1. The Kier molecular flexibility index (Phi) is 2.97. The highest BCUT2D eigenvalue weighted by atomic mass is 16.4. The summed E-state index contributed by atoms with van der Waals surface area (Å²) in [5, 5.41) is 16.5. The van der Waals surface area contributed by atoms with Gasteiger partial charge in [0.1, 0.15) is 5.82 Å². The monoisotopic (exact) mass is 271 g/mol. The van der Waals surface area contributed by atoms with Crippen molar-refractivity contribution >= 4 is 11.8 Å². The van der Waals surface area contributed by atoms with E-state index in [1.807, 2.05) is 0 Å². The minimum Gasteiger partial charge on any atom is -0.476 e. The topological polar surface area (TPSA) is 67.2 Å². The Labute approximate surface area is 117 Å². The van der Waals surface area contributed by atoms with Gasteiger partial charge in [-0.25, -0.2) is 9.48 Å². The number of nitrogens with one attached hydrogen (secondary N) is 1. The summed E-state index contributed by atoms with van der Waals surface area (Å²) >= 11 is 0. The molecule has 1 aliphatic rings. The van der Waals surface area contributed by atoms with Crippen molar-refractivity contribution in [2.24, 2.45) is 0 Å². The maximum absolute atomic E-state index is 11.1. The first-order valence-electron chi connectivity index (χ1n) is 6.69. The number of rotatable bonds is 2. The zero-order valence-corrected chi connectivity index (χ0v) is 11.6. The van der Waals surface area contributed by atoms with Crippen molar-refractivity contribution in [3.63, 3.8) is 0 Å². The molecule has 1 atom stereocenters. The molecule has 0 amide bonds. The zero-order chi connectivity index (χ0) is 14.3. The molecule has 1 unspecified atom stereocenters. The third-order valence-corrected chi connectivity index (χ3v) is 3.60. The largest absolute Gasteiger partial charge is 0.476 e. The SMILES string of the molecule is Cc1cc(C)cc(C2CCNc3cc(C(=O)O)nn32)c1. The fraction of sp³-hybridized carbons (Fsp3) is 0.333. The van der Waals surface area contributed by atoms with Crippen LogP contribution in [-0.4, -0.2) is 27.4 Å². The lowest BCUT2D eigenvalue weighted by molar-refractivity contribution is 0.0689. The van der Waals surface area contributed by atoms with Crippen LogP contribution in [0.5, 0.6) is 0 Å². The Morgan fingerprint density at radius 1 is 1.30 bits per heavy atom. The smallest absolute Gasteiger partial charge is 0.356 e. The molecule has 0 fully saturated rings. The molecular weight excluding hydrogens is 254 g/mol. The van der Waals surface area contributed by atoms with Gasteiger partial charge in [0.2, 0.25) is 0 Å². The van der Waals surface area contributed by atoms with Crippen molar-refractivity contribution in [2.45, 2.75) is 26.3 Å². The first-order valence-corrected chi connectivity index (χ1v) is 6.69. The van der Waals surface area contributed by atoms with Gasteiger partial charge in [-0.3, -0.25) is 0 Å². The summed E-state index contributed by atoms with van der Waals surface area (Å²) < 4.78 is 1.79. The van der Waals surface area contributed by atoms with Gasteiger partial charge in [-0.15, -0.1) is 0 Å². The molecule has 0 radical (unpaired) electrons. The van der Waals surface area contributed by atoms with Gasteiger partial charge in [0.15, 0.2) is 5.69 Å². The number of carboxylic acids is 1. The normalized spacial score (nSPS) is 17.4. The van der Waals surface area contributed by atoms with Crippen LogP contribution in [0.1, 0.15) is 39.6 Å². The molecule has 1 aromatic heterocycles. The van der Waals surface area contributed by atoms with Crippen molar-refractivity contribution in [1.82, 2.24) is 9.78 Å². The maximum atomic E-state index is 11.1. The number of benzene rings is 1.